The zero-order valence-corrected chi connectivity index (χ0v) is 10.3. The Morgan fingerprint density at radius 3 is 2.47 bits per heavy atom. The first-order valence-corrected chi connectivity index (χ1v) is 5.87. The van der Waals surface area contributed by atoms with Crippen LogP contribution in [0.15, 0.2) is 54.6 Å². The molecule has 0 bridgehead atoms. The predicted molar refractivity (Wildman–Crippen MR) is 73.5 cm³/mol. The molecule has 19 heavy (non-hydrogen) atoms. The maximum atomic E-state index is 11.7. The summed E-state index contributed by atoms with van der Waals surface area (Å²) >= 11 is 0. The van der Waals surface area contributed by atoms with E-state index in [1.54, 1.807) is 24.3 Å². The van der Waals surface area contributed by atoms with E-state index < -0.39 is 0 Å². The summed E-state index contributed by atoms with van der Waals surface area (Å²) in [5.74, 6) is 0. The molecule has 0 aliphatic carbocycles. The third kappa shape index (κ3) is 3.58. The number of carbonyl (C=O) groups is 1. The number of nitriles is 1. The van der Waals surface area contributed by atoms with Gasteiger partial charge in [0.2, 0.25) is 0 Å². The summed E-state index contributed by atoms with van der Waals surface area (Å²) in [5, 5.41) is 14.3. The van der Waals surface area contributed by atoms with E-state index in [0.717, 1.165) is 5.56 Å². The second kappa shape index (κ2) is 6.22. The van der Waals surface area contributed by atoms with Gasteiger partial charge in [0, 0.05) is 6.54 Å². The average Bonchev–Trinajstić information content (AvgIpc) is 2.47. The smallest absolute Gasteiger partial charge is 0.319 e. The maximum Gasteiger partial charge on any atom is 0.319 e. The van der Waals surface area contributed by atoms with E-state index in [1.165, 1.54) is 0 Å². The summed E-state index contributed by atoms with van der Waals surface area (Å²) in [7, 11) is 0. The number of anilines is 1. The normalized spacial score (nSPS) is 9.42. The molecule has 0 unspecified atom stereocenters. The van der Waals surface area contributed by atoms with Crippen molar-refractivity contribution in [2.75, 3.05) is 5.32 Å². The van der Waals surface area contributed by atoms with Crippen LogP contribution in [-0.2, 0) is 6.54 Å². The maximum absolute atomic E-state index is 11.7. The number of nitrogens with zero attached hydrogens (tertiary/aromatic N) is 1. The molecule has 2 N–H and O–H groups in total. The van der Waals surface area contributed by atoms with E-state index in [1.807, 2.05) is 36.4 Å². The topological polar surface area (TPSA) is 64.9 Å². The van der Waals surface area contributed by atoms with Gasteiger partial charge >= 0.3 is 6.03 Å². The summed E-state index contributed by atoms with van der Waals surface area (Å²) in [6, 6.07) is 18.2. The molecular formula is C15H13N3O. The van der Waals surface area contributed by atoms with Crippen LogP contribution in [0.4, 0.5) is 10.5 Å². The Hall–Kier alpha value is -2.80. The molecule has 2 amide bonds. The predicted octanol–water partition coefficient (Wildman–Crippen LogP) is 2.88. The lowest BCUT2D eigenvalue weighted by molar-refractivity contribution is 0.251. The van der Waals surface area contributed by atoms with Crippen LogP contribution in [0.3, 0.4) is 0 Å². The van der Waals surface area contributed by atoms with E-state index in [9.17, 15) is 4.79 Å². The molecule has 0 saturated carbocycles. The highest BCUT2D eigenvalue weighted by atomic mass is 16.2. The average molecular weight is 251 g/mol. The summed E-state index contributed by atoms with van der Waals surface area (Å²) < 4.78 is 0. The van der Waals surface area contributed by atoms with Gasteiger partial charge in [0.25, 0.3) is 0 Å². The highest BCUT2D eigenvalue weighted by Crippen LogP contribution is 2.13. The number of amides is 2. The van der Waals surface area contributed by atoms with Crippen molar-refractivity contribution < 1.29 is 4.79 Å². The van der Waals surface area contributed by atoms with Gasteiger partial charge in [0.1, 0.15) is 6.07 Å². The minimum absolute atomic E-state index is 0.327. The third-order valence-corrected chi connectivity index (χ3v) is 2.59. The van der Waals surface area contributed by atoms with Crippen molar-refractivity contribution in [1.82, 2.24) is 5.32 Å². The van der Waals surface area contributed by atoms with Crippen LogP contribution in [0.5, 0.6) is 0 Å². The second-order valence-corrected chi connectivity index (χ2v) is 3.95. The fourth-order valence-electron chi connectivity index (χ4n) is 1.63. The van der Waals surface area contributed by atoms with Crippen molar-refractivity contribution >= 4 is 11.7 Å². The summed E-state index contributed by atoms with van der Waals surface area (Å²) in [6.45, 7) is 0.446. The van der Waals surface area contributed by atoms with Crippen molar-refractivity contribution in [2.24, 2.45) is 0 Å². The lowest BCUT2D eigenvalue weighted by Gasteiger charge is -2.08. The van der Waals surface area contributed by atoms with Crippen LogP contribution in [0.1, 0.15) is 11.1 Å². The molecule has 4 heteroatoms. The second-order valence-electron chi connectivity index (χ2n) is 3.95. The van der Waals surface area contributed by atoms with Crippen LogP contribution in [0.2, 0.25) is 0 Å². The molecule has 2 aromatic carbocycles. The van der Waals surface area contributed by atoms with Crippen LogP contribution in [0.25, 0.3) is 0 Å². The Kier molecular flexibility index (Phi) is 4.14. The molecule has 0 radical (unpaired) electrons. The minimum atomic E-state index is -0.327. The lowest BCUT2D eigenvalue weighted by atomic mass is 10.2. The van der Waals surface area contributed by atoms with Gasteiger partial charge in [0.15, 0.2) is 0 Å². The molecule has 2 rings (SSSR count). The summed E-state index contributed by atoms with van der Waals surface area (Å²) in [5.41, 5.74) is 1.97. The van der Waals surface area contributed by atoms with Gasteiger partial charge in [-0.1, -0.05) is 42.5 Å². The van der Waals surface area contributed by atoms with Crippen molar-refractivity contribution in [2.45, 2.75) is 6.54 Å². The molecular weight excluding hydrogens is 238 g/mol. The molecule has 0 atom stereocenters. The summed E-state index contributed by atoms with van der Waals surface area (Å²) in [4.78, 5) is 11.7. The number of urea groups is 1. The van der Waals surface area contributed by atoms with Gasteiger partial charge in [-0.15, -0.1) is 0 Å². The molecule has 0 heterocycles. The quantitative estimate of drug-likeness (QED) is 0.880. The van der Waals surface area contributed by atoms with Crippen LogP contribution in [-0.4, -0.2) is 6.03 Å². The van der Waals surface area contributed by atoms with E-state index in [0.29, 0.717) is 17.8 Å². The SMILES string of the molecule is N#Cc1ccccc1NC(=O)NCc1ccccc1. The van der Waals surface area contributed by atoms with E-state index in [2.05, 4.69) is 10.6 Å². The van der Waals surface area contributed by atoms with Gasteiger partial charge in [0.05, 0.1) is 11.3 Å². The summed E-state index contributed by atoms with van der Waals surface area (Å²) in [6.07, 6.45) is 0. The highest BCUT2D eigenvalue weighted by Gasteiger charge is 2.05. The zero-order chi connectivity index (χ0) is 13.5. The van der Waals surface area contributed by atoms with Crippen LogP contribution < -0.4 is 10.6 Å². The largest absolute Gasteiger partial charge is 0.334 e. The number of benzene rings is 2. The molecule has 2 aromatic rings. The number of hydrogen-bond donors (Lipinski definition) is 2. The van der Waals surface area contributed by atoms with E-state index >= 15 is 0 Å². The van der Waals surface area contributed by atoms with Crippen LogP contribution in [0, 0.1) is 11.3 Å². The number of nitrogens with one attached hydrogen (secondary N) is 2. The molecule has 0 saturated heterocycles. The molecule has 0 spiro atoms. The van der Waals surface area contributed by atoms with E-state index in [-0.39, 0.29) is 6.03 Å². The first kappa shape index (κ1) is 12.7. The standard InChI is InChI=1S/C15H13N3O/c16-10-13-8-4-5-9-14(13)18-15(19)17-11-12-6-2-1-3-7-12/h1-9H,11H2,(H2,17,18,19). The lowest BCUT2D eigenvalue weighted by Crippen LogP contribution is -2.28. The van der Waals surface area contributed by atoms with Crippen molar-refractivity contribution in [3.8, 4) is 6.07 Å². The minimum Gasteiger partial charge on any atom is -0.334 e. The van der Waals surface area contributed by atoms with Gasteiger partial charge in [-0.25, -0.2) is 4.79 Å². The Bertz CT molecular complexity index is 602. The van der Waals surface area contributed by atoms with Crippen molar-refractivity contribution in [3.05, 3.63) is 65.7 Å². The van der Waals surface area contributed by atoms with Gasteiger partial charge in [-0.05, 0) is 17.7 Å². The molecule has 0 aliphatic rings. The van der Waals surface area contributed by atoms with E-state index in [4.69, 9.17) is 5.26 Å². The zero-order valence-electron chi connectivity index (χ0n) is 10.3. The Morgan fingerprint density at radius 2 is 1.74 bits per heavy atom. The van der Waals surface area contributed by atoms with Gasteiger partial charge in [-0.2, -0.15) is 5.26 Å². The monoisotopic (exact) mass is 251 g/mol. The fraction of sp³-hybridized carbons (Fsp3) is 0.0667. The molecule has 94 valence electrons. The number of hydrogen-bond acceptors (Lipinski definition) is 2. The first-order valence-electron chi connectivity index (χ1n) is 5.87. The Morgan fingerprint density at radius 1 is 1.05 bits per heavy atom. The molecule has 4 nitrogen and oxygen atoms in total. The van der Waals surface area contributed by atoms with Crippen LogP contribution >= 0.6 is 0 Å². The third-order valence-electron chi connectivity index (χ3n) is 2.59. The van der Waals surface area contributed by atoms with Crippen molar-refractivity contribution in [1.29, 1.82) is 5.26 Å². The number of rotatable bonds is 3. The molecule has 0 aromatic heterocycles. The Labute approximate surface area is 111 Å². The number of para-hydroxylation sites is 1. The number of carbonyl (C=O) groups excluding carboxylic acids is 1. The highest BCUT2D eigenvalue weighted by molar-refractivity contribution is 5.90. The van der Waals surface area contributed by atoms with Gasteiger partial charge in [-0.3, -0.25) is 0 Å². The molecule has 0 aliphatic heterocycles. The fourth-order valence-corrected chi connectivity index (χ4v) is 1.63. The van der Waals surface area contributed by atoms with Gasteiger partial charge < -0.3 is 10.6 Å². The Balaban J connectivity index is 1.93. The first-order chi connectivity index (χ1) is 9.29. The van der Waals surface area contributed by atoms with Crippen molar-refractivity contribution in [3.63, 3.8) is 0 Å². The molecule has 0 fully saturated rings.